The van der Waals surface area contributed by atoms with E-state index in [-0.39, 0.29) is 5.78 Å². The molecule has 0 amide bonds. The lowest BCUT2D eigenvalue weighted by atomic mass is 10.0. The van der Waals surface area contributed by atoms with Crippen LogP contribution < -0.4 is 14.2 Å². The number of benzene rings is 3. The van der Waals surface area contributed by atoms with Crippen molar-refractivity contribution in [3.63, 3.8) is 0 Å². The predicted octanol–water partition coefficient (Wildman–Crippen LogP) is 18.5. The number of ketones is 1. The van der Waals surface area contributed by atoms with Crippen molar-refractivity contribution in [1.82, 2.24) is 0 Å². The topological polar surface area (TPSA) is 61.8 Å². The fourth-order valence-corrected chi connectivity index (χ4v) is 8.33. The van der Waals surface area contributed by atoms with E-state index < -0.39 is 5.97 Å². The smallest absolute Gasteiger partial charge is 0.336 e. The summed E-state index contributed by atoms with van der Waals surface area (Å²) in [6, 6.07) is 22.3. The normalized spacial score (nSPS) is 11.5. The van der Waals surface area contributed by atoms with Gasteiger partial charge in [0.25, 0.3) is 0 Å². The Balaban J connectivity index is 1.19. The van der Waals surface area contributed by atoms with Gasteiger partial charge in [-0.2, -0.15) is 0 Å². The summed E-state index contributed by atoms with van der Waals surface area (Å²) in [6.07, 6.45) is 49.9. The maximum absolute atomic E-state index is 13.0. The van der Waals surface area contributed by atoms with Gasteiger partial charge in [-0.3, -0.25) is 4.79 Å². The highest BCUT2D eigenvalue weighted by atomic mass is 16.5. The van der Waals surface area contributed by atoms with Gasteiger partial charge in [0.1, 0.15) is 17.2 Å². The Hall–Kier alpha value is -4.12. The lowest BCUT2D eigenvalue weighted by Crippen LogP contribution is -2.04. The van der Waals surface area contributed by atoms with Gasteiger partial charge in [0, 0.05) is 11.6 Å². The van der Waals surface area contributed by atoms with Gasteiger partial charge in [0.15, 0.2) is 5.78 Å². The summed E-state index contributed by atoms with van der Waals surface area (Å²) in [5, 5.41) is 0. The average Bonchev–Trinajstić information content (AvgIpc) is 3.33. The second-order valence-electron chi connectivity index (χ2n) is 18.4. The minimum Gasteiger partial charge on any atom is -0.494 e. The van der Waals surface area contributed by atoms with Gasteiger partial charge < -0.3 is 14.2 Å². The predicted molar refractivity (Wildman–Crippen MR) is 277 cm³/mol. The van der Waals surface area contributed by atoms with Crippen molar-refractivity contribution in [2.45, 2.75) is 219 Å². The molecule has 0 heterocycles. The van der Waals surface area contributed by atoms with Crippen LogP contribution in [0.2, 0.25) is 0 Å². The van der Waals surface area contributed by atoms with Crippen LogP contribution in [0.1, 0.15) is 241 Å². The van der Waals surface area contributed by atoms with Crippen LogP contribution in [0, 0.1) is 0 Å². The van der Waals surface area contributed by atoms with E-state index in [4.69, 9.17) is 14.2 Å². The zero-order valence-corrected chi connectivity index (χ0v) is 41.3. The molecule has 3 aromatic carbocycles. The Morgan fingerprint density at radius 2 is 0.723 bits per heavy atom. The standard InChI is InChI=1S/C60H90O5/c1-3-5-7-9-11-13-15-17-19-21-23-25-27-29-31-33-50-63-56-44-38-53(39-45-56)42-48-59(61)55-36-35-37-58(52-55)65-60(62)49-43-54-40-46-57(47-41-54)64-51-34-32-30-28-26-24-22-20-18-16-14-12-10-8-6-4-2/h35-49,52H,3-34,50-51H2,1-2H3/b48-42+,49-43+. The van der Waals surface area contributed by atoms with Crippen LogP contribution in [0.4, 0.5) is 0 Å². The van der Waals surface area contributed by atoms with E-state index in [1.807, 2.05) is 48.5 Å². The second-order valence-corrected chi connectivity index (χ2v) is 18.4. The fourth-order valence-electron chi connectivity index (χ4n) is 8.33. The molecular weight excluding hydrogens is 801 g/mol. The maximum Gasteiger partial charge on any atom is 0.336 e. The minimum absolute atomic E-state index is 0.167. The Bertz CT molecular complexity index is 1660. The third-order valence-corrected chi connectivity index (χ3v) is 12.5. The molecule has 360 valence electrons. The molecule has 0 radical (unpaired) electrons. The largest absolute Gasteiger partial charge is 0.494 e. The number of hydrogen-bond acceptors (Lipinski definition) is 5. The first kappa shape index (κ1) is 55.2. The molecule has 0 aliphatic heterocycles. The van der Waals surface area contributed by atoms with Crippen LogP contribution in [0.25, 0.3) is 12.2 Å². The van der Waals surface area contributed by atoms with Crippen molar-refractivity contribution >= 4 is 23.9 Å². The van der Waals surface area contributed by atoms with Gasteiger partial charge in [0.05, 0.1) is 13.2 Å². The first-order chi connectivity index (χ1) is 32.1. The Morgan fingerprint density at radius 1 is 0.385 bits per heavy atom. The molecule has 0 saturated heterocycles. The van der Waals surface area contributed by atoms with Gasteiger partial charge in [-0.1, -0.05) is 249 Å². The molecule has 0 aliphatic rings. The van der Waals surface area contributed by atoms with Crippen LogP contribution in [-0.2, 0) is 4.79 Å². The zero-order valence-electron chi connectivity index (χ0n) is 41.3. The molecule has 3 aromatic rings. The molecule has 0 bridgehead atoms. The van der Waals surface area contributed by atoms with Gasteiger partial charge in [-0.05, 0) is 72.5 Å². The van der Waals surface area contributed by atoms with Crippen molar-refractivity contribution in [3.05, 3.63) is 102 Å². The van der Waals surface area contributed by atoms with Gasteiger partial charge in [-0.15, -0.1) is 0 Å². The van der Waals surface area contributed by atoms with E-state index in [0.717, 1.165) is 48.7 Å². The highest BCUT2D eigenvalue weighted by Crippen LogP contribution is 2.20. The number of hydrogen-bond donors (Lipinski definition) is 0. The lowest BCUT2D eigenvalue weighted by Gasteiger charge is -2.07. The number of esters is 1. The molecule has 65 heavy (non-hydrogen) atoms. The van der Waals surface area contributed by atoms with E-state index in [1.54, 1.807) is 42.5 Å². The van der Waals surface area contributed by atoms with E-state index in [9.17, 15) is 9.59 Å². The molecule has 0 atom stereocenters. The molecule has 5 heteroatoms. The summed E-state index contributed by atoms with van der Waals surface area (Å²) >= 11 is 0. The fraction of sp³-hybridized carbons (Fsp3) is 0.600. The number of ether oxygens (including phenoxy) is 3. The number of carbonyl (C=O) groups is 2. The highest BCUT2D eigenvalue weighted by molar-refractivity contribution is 6.07. The Kier molecular flexibility index (Phi) is 33.2. The Morgan fingerprint density at radius 3 is 1.09 bits per heavy atom. The summed E-state index contributed by atoms with van der Waals surface area (Å²) in [5.74, 6) is 1.33. The van der Waals surface area contributed by atoms with Crippen LogP contribution in [0.3, 0.4) is 0 Å². The Labute approximate surface area is 397 Å². The summed E-state index contributed by atoms with van der Waals surface area (Å²) in [7, 11) is 0. The molecule has 5 nitrogen and oxygen atoms in total. The van der Waals surface area contributed by atoms with Crippen LogP contribution in [-0.4, -0.2) is 25.0 Å². The third-order valence-electron chi connectivity index (χ3n) is 12.5. The number of allylic oxidation sites excluding steroid dienone is 1. The highest BCUT2D eigenvalue weighted by Gasteiger charge is 2.07. The number of unbranched alkanes of at least 4 members (excludes halogenated alkanes) is 30. The van der Waals surface area contributed by atoms with Gasteiger partial charge in [0.2, 0.25) is 0 Å². The maximum atomic E-state index is 13.0. The lowest BCUT2D eigenvalue weighted by molar-refractivity contribution is -0.128. The summed E-state index contributed by atoms with van der Waals surface area (Å²) in [4.78, 5) is 25.6. The van der Waals surface area contributed by atoms with Crippen molar-refractivity contribution < 1.29 is 23.8 Å². The molecule has 0 N–H and O–H groups in total. The average molecular weight is 891 g/mol. The van der Waals surface area contributed by atoms with Crippen molar-refractivity contribution in [2.24, 2.45) is 0 Å². The SMILES string of the molecule is CCCCCCCCCCCCCCCCCCOc1ccc(/C=C/C(=O)Oc2cccc(C(=O)/C=C/c3ccc(OCCCCCCCCCCCCCCCCCC)cc3)c2)cc1. The van der Waals surface area contributed by atoms with Crippen molar-refractivity contribution in [2.75, 3.05) is 13.2 Å². The number of carbonyl (C=O) groups excluding carboxylic acids is 2. The molecule has 0 aromatic heterocycles. The molecule has 0 saturated carbocycles. The van der Waals surface area contributed by atoms with Crippen LogP contribution in [0.5, 0.6) is 17.2 Å². The van der Waals surface area contributed by atoms with E-state index in [2.05, 4.69) is 13.8 Å². The monoisotopic (exact) mass is 891 g/mol. The minimum atomic E-state index is -0.508. The van der Waals surface area contributed by atoms with Crippen molar-refractivity contribution in [1.29, 1.82) is 0 Å². The molecule has 3 rings (SSSR count). The molecule has 0 aliphatic carbocycles. The molecule has 0 fully saturated rings. The first-order valence-electron chi connectivity index (χ1n) is 26.8. The molecule has 0 spiro atoms. The molecular formula is C60H90O5. The van der Waals surface area contributed by atoms with Crippen molar-refractivity contribution in [3.8, 4) is 17.2 Å². The summed E-state index contributed by atoms with van der Waals surface area (Å²) in [5.41, 5.74) is 2.24. The van der Waals surface area contributed by atoms with E-state index in [0.29, 0.717) is 11.3 Å². The van der Waals surface area contributed by atoms with E-state index in [1.165, 1.54) is 199 Å². The van der Waals surface area contributed by atoms with Gasteiger partial charge in [-0.25, -0.2) is 4.79 Å². The summed E-state index contributed by atoms with van der Waals surface area (Å²) in [6.45, 7) is 6.02. The van der Waals surface area contributed by atoms with Gasteiger partial charge >= 0.3 is 5.97 Å². The van der Waals surface area contributed by atoms with Crippen LogP contribution >= 0.6 is 0 Å². The quantitative estimate of drug-likeness (QED) is 0.0186. The first-order valence-corrected chi connectivity index (χ1v) is 26.8. The number of rotatable bonds is 42. The third kappa shape index (κ3) is 29.9. The zero-order chi connectivity index (χ0) is 46.1. The molecule has 0 unspecified atom stereocenters. The van der Waals surface area contributed by atoms with Crippen LogP contribution in [0.15, 0.2) is 84.9 Å². The summed E-state index contributed by atoms with van der Waals surface area (Å²) < 4.78 is 17.5. The van der Waals surface area contributed by atoms with E-state index >= 15 is 0 Å². The second kappa shape index (κ2) is 39.1.